The van der Waals surface area contributed by atoms with E-state index < -0.39 is 0 Å². The zero-order valence-corrected chi connectivity index (χ0v) is 16.1. The summed E-state index contributed by atoms with van der Waals surface area (Å²) in [7, 11) is 4.57. The monoisotopic (exact) mass is 316 g/mol. The summed E-state index contributed by atoms with van der Waals surface area (Å²) >= 11 is 0. The average molecular weight is 317 g/mol. The summed E-state index contributed by atoms with van der Waals surface area (Å²) in [6, 6.07) is 0. The van der Waals surface area contributed by atoms with Crippen molar-refractivity contribution in [2.45, 2.75) is 52.6 Å². The van der Waals surface area contributed by atoms with Gasteiger partial charge in [-0.3, -0.25) is 0 Å². The van der Waals surface area contributed by atoms with E-state index in [4.69, 9.17) is 4.74 Å². The lowest BCUT2D eigenvalue weighted by Crippen LogP contribution is -3.11. The van der Waals surface area contributed by atoms with Gasteiger partial charge in [0.1, 0.15) is 0 Å². The number of nitrogens with one attached hydrogen (secondary N) is 2. The standard InChI is InChI=1S/C18H39N3O/c1-7-21(8-2)12-9-11-19-15-18(16-20(5)6)10-13-22-17(3,4)14-18/h19H,7-16H2,1-6H3/p+3/t18-/m0/s1. The number of quaternary nitrogens is 3. The summed E-state index contributed by atoms with van der Waals surface area (Å²) in [5.74, 6) is 0. The van der Waals surface area contributed by atoms with Crippen LogP contribution in [0.1, 0.15) is 47.0 Å². The molecule has 132 valence electrons. The fraction of sp³-hybridized carbons (Fsp3) is 1.00. The van der Waals surface area contributed by atoms with E-state index in [0.29, 0.717) is 5.41 Å². The van der Waals surface area contributed by atoms with Crippen molar-refractivity contribution < 1.29 is 19.9 Å². The van der Waals surface area contributed by atoms with E-state index in [1.165, 1.54) is 58.5 Å². The minimum absolute atomic E-state index is 0.0485. The molecule has 1 rings (SSSR count). The first kappa shape index (κ1) is 19.9. The van der Waals surface area contributed by atoms with Crippen LogP contribution in [-0.2, 0) is 4.74 Å². The van der Waals surface area contributed by atoms with Gasteiger partial charge >= 0.3 is 0 Å². The van der Waals surface area contributed by atoms with Crippen LogP contribution < -0.4 is 15.1 Å². The molecule has 0 aliphatic carbocycles. The first-order chi connectivity index (χ1) is 10.3. The highest BCUT2D eigenvalue weighted by atomic mass is 16.5. The molecule has 1 heterocycles. The summed E-state index contributed by atoms with van der Waals surface area (Å²) in [4.78, 5) is 3.30. The van der Waals surface area contributed by atoms with Crippen molar-refractivity contribution in [1.29, 1.82) is 0 Å². The molecule has 1 fully saturated rings. The van der Waals surface area contributed by atoms with Gasteiger partial charge in [-0.2, -0.15) is 0 Å². The quantitative estimate of drug-likeness (QED) is 0.425. The molecule has 4 nitrogen and oxygen atoms in total. The Kier molecular flexibility index (Phi) is 8.33. The van der Waals surface area contributed by atoms with E-state index in [-0.39, 0.29) is 5.60 Å². The zero-order chi connectivity index (χ0) is 16.6. The van der Waals surface area contributed by atoms with Crippen LogP contribution in [-0.4, -0.2) is 65.6 Å². The van der Waals surface area contributed by atoms with Gasteiger partial charge in [0.15, 0.2) is 0 Å². The maximum Gasteiger partial charge on any atom is 0.0880 e. The van der Waals surface area contributed by atoms with Crippen molar-refractivity contribution in [3.8, 4) is 0 Å². The predicted molar refractivity (Wildman–Crippen MR) is 92.6 cm³/mol. The van der Waals surface area contributed by atoms with Crippen molar-refractivity contribution in [3.05, 3.63) is 0 Å². The molecule has 0 radical (unpaired) electrons. The molecule has 0 aromatic rings. The maximum atomic E-state index is 5.96. The third kappa shape index (κ3) is 6.95. The van der Waals surface area contributed by atoms with E-state index >= 15 is 0 Å². The van der Waals surface area contributed by atoms with Gasteiger partial charge in [-0.15, -0.1) is 0 Å². The van der Waals surface area contributed by atoms with Crippen molar-refractivity contribution in [2.75, 3.05) is 60.0 Å². The number of hydrogen-bond donors (Lipinski definition) is 3. The molecule has 1 atom stereocenters. The van der Waals surface area contributed by atoms with Crippen LogP contribution in [0.4, 0.5) is 0 Å². The third-order valence-corrected chi connectivity index (χ3v) is 5.17. The zero-order valence-electron chi connectivity index (χ0n) is 16.1. The van der Waals surface area contributed by atoms with Crippen LogP contribution >= 0.6 is 0 Å². The molecule has 0 unspecified atom stereocenters. The lowest BCUT2D eigenvalue weighted by molar-refractivity contribution is -0.898. The second-order valence-electron chi connectivity index (χ2n) is 8.26. The minimum atomic E-state index is 0.0485. The van der Waals surface area contributed by atoms with Crippen LogP contribution in [0.15, 0.2) is 0 Å². The van der Waals surface area contributed by atoms with Gasteiger partial charge in [0.25, 0.3) is 0 Å². The molecule has 22 heavy (non-hydrogen) atoms. The third-order valence-electron chi connectivity index (χ3n) is 5.17. The summed E-state index contributed by atoms with van der Waals surface area (Å²) in [6.07, 6.45) is 3.75. The SMILES string of the molecule is CC[NH+](CC)CCC[NH2+]C[C@]1(C[NH+](C)C)CCOC(C)(C)C1. The number of rotatable bonds is 10. The van der Waals surface area contributed by atoms with E-state index in [1.807, 2.05) is 0 Å². The van der Waals surface area contributed by atoms with Crippen molar-refractivity contribution in [2.24, 2.45) is 5.41 Å². The topological polar surface area (TPSA) is 34.7 Å². The van der Waals surface area contributed by atoms with Crippen LogP contribution in [0, 0.1) is 5.41 Å². The van der Waals surface area contributed by atoms with Crippen molar-refractivity contribution >= 4 is 0 Å². The highest BCUT2D eigenvalue weighted by molar-refractivity contribution is 4.89. The van der Waals surface area contributed by atoms with Gasteiger partial charge in [-0.1, -0.05) is 0 Å². The second-order valence-corrected chi connectivity index (χ2v) is 8.26. The van der Waals surface area contributed by atoms with E-state index in [0.717, 1.165) is 6.61 Å². The Balaban J connectivity index is 2.42. The Hall–Kier alpha value is -0.160. The predicted octanol–water partition coefficient (Wildman–Crippen LogP) is -1.42. The highest BCUT2D eigenvalue weighted by Crippen LogP contribution is 2.36. The molecular formula is C18H42N3O+3. The molecule has 0 amide bonds. The van der Waals surface area contributed by atoms with E-state index in [9.17, 15) is 0 Å². The second kappa shape index (κ2) is 9.21. The summed E-state index contributed by atoms with van der Waals surface area (Å²) in [6.45, 7) is 17.7. The average Bonchev–Trinajstić information content (AvgIpc) is 2.41. The lowest BCUT2D eigenvalue weighted by atomic mass is 9.73. The smallest absolute Gasteiger partial charge is 0.0880 e. The molecule has 4 N–H and O–H groups in total. The van der Waals surface area contributed by atoms with Gasteiger partial charge in [0, 0.05) is 13.0 Å². The van der Waals surface area contributed by atoms with Gasteiger partial charge in [-0.05, 0) is 40.5 Å². The van der Waals surface area contributed by atoms with E-state index in [2.05, 4.69) is 47.1 Å². The molecule has 1 aliphatic heterocycles. The Morgan fingerprint density at radius 1 is 1.14 bits per heavy atom. The Bertz CT molecular complexity index is 303. The molecule has 0 aromatic heterocycles. The molecule has 1 saturated heterocycles. The fourth-order valence-corrected chi connectivity index (χ4v) is 4.24. The molecule has 0 spiro atoms. The van der Waals surface area contributed by atoms with Crippen molar-refractivity contribution in [1.82, 2.24) is 0 Å². The first-order valence-corrected chi connectivity index (χ1v) is 9.41. The number of nitrogens with two attached hydrogens (primary N) is 1. The summed E-state index contributed by atoms with van der Waals surface area (Å²) in [5, 5.41) is 2.58. The van der Waals surface area contributed by atoms with Gasteiger partial charge in [0.2, 0.25) is 0 Å². The molecule has 0 saturated carbocycles. The Morgan fingerprint density at radius 2 is 1.82 bits per heavy atom. The largest absolute Gasteiger partial charge is 0.376 e. The van der Waals surface area contributed by atoms with Crippen LogP contribution in [0.2, 0.25) is 0 Å². The highest BCUT2D eigenvalue weighted by Gasteiger charge is 2.44. The van der Waals surface area contributed by atoms with Crippen LogP contribution in [0.5, 0.6) is 0 Å². The van der Waals surface area contributed by atoms with Crippen LogP contribution in [0.3, 0.4) is 0 Å². The first-order valence-electron chi connectivity index (χ1n) is 9.41. The van der Waals surface area contributed by atoms with Gasteiger partial charge in [-0.25, -0.2) is 0 Å². The van der Waals surface area contributed by atoms with E-state index in [1.54, 1.807) is 9.80 Å². The van der Waals surface area contributed by atoms with Gasteiger partial charge < -0.3 is 19.9 Å². The number of hydrogen-bond acceptors (Lipinski definition) is 1. The number of ether oxygens (including phenoxy) is 1. The minimum Gasteiger partial charge on any atom is -0.376 e. The molecule has 1 aliphatic rings. The Morgan fingerprint density at radius 3 is 2.36 bits per heavy atom. The summed E-state index contributed by atoms with van der Waals surface area (Å²) < 4.78 is 5.96. The van der Waals surface area contributed by atoms with Gasteiger partial charge in [0.05, 0.1) is 64.4 Å². The fourth-order valence-electron chi connectivity index (χ4n) is 4.24. The molecule has 0 bridgehead atoms. The molecule has 0 aromatic carbocycles. The lowest BCUT2D eigenvalue weighted by Gasteiger charge is -2.43. The van der Waals surface area contributed by atoms with Crippen molar-refractivity contribution in [3.63, 3.8) is 0 Å². The molecule has 4 heteroatoms. The molecular weight excluding hydrogens is 274 g/mol. The normalized spacial score (nSPS) is 25.1. The van der Waals surface area contributed by atoms with Crippen LogP contribution in [0.25, 0.3) is 0 Å². The Labute approximate surface area is 138 Å². The maximum absolute atomic E-state index is 5.96. The summed E-state index contributed by atoms with van der Waals surface area (Å²) in [5.41, 5.74) is 0.496.